The zero-order chi connectivity index (χ0) is 15.2. The molecule has 0 radical (unpaired) electrons. The summed E-state index contributed by atoms with van der Waals surface area (Å²) in [6.07, 6.45) is -0.647. The third-order valence-electron chi connectivity index (χ3n) is 2.94. The number of aliphatic hydroxyl groups excluding tert-OH is 1. The van der Waals surface area contributed by atoms with Crippen LogP contribution in [0.25, 0.3) is 0 Å². The lowest BCUT2D eigenvalue weighted by atomic mass is 10.2. The van der Waals surface area contributed by atoms with Crippen LogP contribution in [-0.2, 0) is 11.4 Å². The summed E-state index contributed by atoms with van der Waals surface area (Å²) in [5, 5.41) is 11.7. The van der Waals surface area contributed by atoms with E-state index in [0.29, 0.717) is 17.1 Å². The van der Waals surface area contributed by atoms with Crippen molar-refractivity contribution in [1.82, 2.24) is 0 Å². The number of amides is 1. The Morgan fingerprint density at radius 2 is 2.00 bits per heavy atom. The highest BCUT2D eigenvalue weighted by Gasteiger charge is 2.14. The standard InChI is InChI=1S/C16H18N2O3/c1-11(21-15-7-5-12(10-19)6-8-15)16(20)18-14-4-2-3-13(17)9-14/h2-9,11,19H,10,17H2,1H3,(H,18,20). The number of carbonyl (C=O) groups is 1. The van der Waals surface area contributed by atoms with E-state index in [-0.39, 0.29) is 12.5 Å². The first-order valence-corrected chi connectivity index (χ1v) is 6.61. The van der Waals surface area contributed by atoms with Gasteiger partial charge in [-0.15, -0.1) is 0 Å². The molecule has 0 aliphatic carbocycles. The van der Waals surface area contributed by atoms with E-state index in [9.17, 15) is 4.79 Å². The maximum Gasteiger partial charge on any atom is 0.265 e. The quantitative estimate of drug-likeness (QED) is 0.735. The van der Waals surface area contributed by atoms with Gasteiger partial charge in [0.1, 0.15) is 5.75 Å². The molecule has 4 N–H and O–H groups in total. The average molecular weight is 286 g/mol. The fourth-order valence-corrected chi connectivity index (χ4v) is 1.79. The van der Waals surface area contributed by atoms with Crippen LogP contribution < -0.4 is 15.8 Å². The van der Waals surface area contributed by atoms with E-state index in [2.05, 4.69) is 5.32 Å². The minimum atomic E-state index is -0.647. The first-order chi connectivity index (χ1) is 10.1. The topological polar surface area (TPSA) is 84.6 Å². The summed E-state index contributed by atoms with van der Waals surface area (Å²) in [6.45, 7) is 1.65. The molecule has 0 bridgehead atoms. The molecular weight excluding hydrogens is 268 g/mol. The van der Waals surface area contributed by atoms with Gasteiger partial charge in [0, 0.05) is 11.4 Å². The lowest BCUT2D eigenvalue weighted by molar-refractivity contribution is -0.122. The van der Waals surface area contributed by atoms with Crippen molar-refractivity contribution in [2.24, 2.45) is 0 Å². The second-order valence-corrected chi connectivity index (χ2v) is 4.68. The van der Waals surface area contributed by atoms with Gasteiger partial charge in [0.2, 0.25) is 0 Å². The Hall–Kier alpha value is -2.53. The number of hydrogen-bond donors (Lipinski definition) is 3. The van der Waals surface area contributed by atoms with Crippen molar-refractivity contribution in [3.8, 4) is 5.75 Å². The van der Waals surface area contributed by atoms with E-state index in [1.165, 1.54) is 0 Å². The third kappa shape index (κ3) is 4.22. The number of aliphatic hydroxyl groups is 1. The molecule has 0 aliphatic heterocycles. The lowest BCUT2D eigenvalue weighted by Crippen LogP contribution is -2.30. The van der Waals surface area contributed by atoms with E-state index >= 15 is 0 Å². The summed E-state index contributed by atoms with van der Waals surface area (Å²) in [5.41, 5.74) is 7.66. The van der Waals surface area contributed by atoms with Gasteiger partial charge in [0.05, 0.1) is 6.61 Å². The number of ether oxygens (including phenoxy) is 1. The molecule has 110 valence electrons. The Morgan fingerprint density at radius 3 is 2.62 bits per heavy atom. The van der Waals surface area contributed by atoms with Gasteiger partial charge in [-0.2, -0.15) is 0 Å². The fourth-order valence-electron chi connectivity index (χ4n) is 1.79. The number of nitrogen functional groups attached to an aromatic ring is 1. The first kappa shape index (κ1) is 14.9. The van der Waals surface area contributed by atoms with E-state index in [1.807, 2.05) is 0 Å². The van der Waals surface area contributed by atoms with Gasteiger partial charge in [-0.3, -0.25) is 4.79 Å². The molecule has 5 heteroatoms. The van der Waals surface area contributed by atoms with Crippen LogP contribution in [0.2, 0.25) is 0 Å². The lowest BCUT2D eigenvalue weighted by Gasteiger charge is -2.15. The molecule has 0 aliphatic rings. The maximum atomic E-state index is 12.0. The van der Waals surface area contributed by atoms with E-state index < -0.39 is 6.10 Å². The molecular formula is C16H18N2O3. The molecule has 0 saturated heterocycles. The predicted molar refractivity (Wildman–Crippen MR) is 81.9 cm³/mol. The Morgan fingerprint density at radius 1 is 1.29 bits per heavy atom. The van der Waals surface area contributed by atoms with Crippen molar-refractivity contribution < 1.29 is 14.6 Å². The maximum absolute atomic E-state index is 12.0. The molecule has 0 spiro atoms. The summed E-state index contributed by atoms with van der Waals surface area (Å²) in [4.78, 5) is 12.0. The number of nitrogens with two attached hydrogens (primary N) is 1. The molecule has 0 heterocycles. The minimum Gasteiger partial charge on any atom is -0.481 e. The third-order valence-corrected chi connectivity index (χ3v) is 2.94. The summed E-state index contributed by atoms with van der Waals surface area (Å²) in [6, 6.07) is 13.9. The average Bonchev–Trinajstić information content (AvgIpc) is 2.48. The number of rotatable bonds is 5. The summed E-state index contributed by atoms with van der Waals surface area (Å²) in [5.74, 6) is 0.314. The van der Waals surface area contributed by atoms with Gasteiger partial charge in [0.15, 0.2) is 6.10 Å². The second kappa shape index (κ2) is 6.76. The van der Waals surface area contributed by atoms with Crippen LogP contribution in [0.5, 0.6) is 5.75 Å². The first-order valence-electron chi connectivity index (χ1n) is 6.61. The molecule has 5 nitrogen and oxygen atoms in total. The Kier molecular flexibility index (Phi) is 4.79. The highest BCUT2D eigenvalue weighted by molar-refractivity contribution is 5.94. The molecule has 21 heavy (non-hydrogen) atoms. The molecule has 2 aromatic carbocycles. The predicted octanol–water partition coefficient (Wildman–Crippen LogP) is 2.17. The molecule has 0 saturated carbocycles. The zero-order valence-electron chi connectivity index (χ0n) is 11.7. The SMILES string of the molecule is CC(Oc1ccc(CO)cc1)C(=O)Nc1cccc(N)c1. The van der Waals surface area contributed by atoms with Crippen molar-refractivity contribution in [2.45, 2.75) is 19.6 Å². The monoisotopic (exact) mass is 286 g/mol. The number of hydrogen-bond acceptors (Lipinski definition) is 4. The van der Waals surface area contributed by atoms with Crippen LogP contribution in [0, 0.1) is 0 Å². The van der Waals surface area contributed by atoms with Crippen LogP contribution in [0.15, 0.2) is 48.5 Å². The normalized spacial score (nSPS) is 11.7. The van der Waals surface area contributed by atoms with E-state index in [4.69, 9.17) is 15.6 Å². The molecule has 1 unspecified atom stereocenters. The largest absolute Gasteiger partial charge is 0.481 e. The van der Waals surface area contributed by atoms with Gasteiger partial charge in [-0.1, -0.05) is 18.2 Å². The van der Waals surface area contributed by atoms with Crippen molar-refractivity contribution in [3.05, 3.63) is 54.1 Å². The van der Waals surface area contributed by atoms with Gasteiger partial charge in [-0.05, 0) is 42.8 Å². The van der Waals surface area contributed by atoms with Crippen LogP contribution in [0.1, 0.15) is 12.5 Å². The zero-order valence-corrected chi connectivity index (χ0v) is 11.7. The Labute approximate surface area is 123 Å². The minimum absolute atomic E-state index is 0.0221. The number of anilines is 2. The molecule has 1 atom stereocenters. The molecule has 1 amide bonds. The molecule has 2 rings (SSSR count). The van der Waals surface area contributed by atoms with Crippen molar-refractivity contribution in [2.75, 3.05) is 11.1 Å². The van der Waals surface area contributed by atoms with Crippen molar-refractivity contribution in [3.63, 3.8) is 0 Å². The van der Waals surface area contributed by atoms with Crippen LogP contribution in [0.3, 0.4) is 0 Å². The van der Waals surface area contributed by atoms with E-state index in [0.717, 1.165) is 5.56 Å². The highest BCUT2D eigenvalue weighted by atomic mass is 16.5. The Balaban J connectivity index is 1.95. The second-order valence-electron chi connectivity index (χ2n) is 4.68. The number of carbonyl (C=O) groups excluding carboxylic acids is 1. The number of nitrogens with one attached hydrogen (secondary N) is 1. The highest BCUT2D eigenvalue weighted by Crippen LogP contribution is 2.16. The van der Waals surface area contributed by atoms with Crippen molar-refractivity contribution >= 4 is 17.3 Å². The molecule has 0 fully saturated rings. The van der Waals surface area contributed by atoms with Crippen LogP contribution in [-0.4, -0.2) is 17.1 Å². The van der Waals surface area contributed by atoms with Gasteiger partial charge >= 0.3 is 0 Å². The van der Waals surface area contributed by atoms with Crippen molar-refractivity contribution in [1.29, 1.82) is 0 Å². The Bertz CT molecular complexity index is 611. The fraction of sp³-hybridized carbons (Fsp3) is 0.188. The van der Waals surface area contributed by atoms with E-state index in [1.54, 1.807) is 55.5 Å². The molecule has 0 aromatic heterocycles. The summed E-state index contributed by atoms with van der Waals surface area (Å²) in [7, 11) is 0. The summed E-state index contributed by atoms with van der Waals surface area (Å²) < 4.78 is 5.55. The number of benzene rings is 2. The van der Waals surface area contributed by atoms with Gasteiger partial charge < -0.3 is 20.9 Å². The van der Waals surface area contributed by atoms with Gasteiger partial charge in [0.25, 0.3) is 5.91 Å². The summed E-state index contributed by atoms with van der Waals surface area (Å²) >= 11 is 0. The molecule has 2 aromatic rings. The smallest absolute Gasteiger partial charge is 0.265 e. The van der Waals surface area contributed by atoms with Crippen LogP contribution in [0.4, 0.5) is 11.4 Å². The van der Waals surface area contributed by atoms with Crippen LogP contribution >= 0.6 is 0 Å². The van der Waals surface area contributed by atoms with Gasteiger partial charge in [-0.25, -0.2) is 0 Å².